The molecule has 2 aromatic carbocycles. The lowest BCUT2D eigenvalue weighted by Gasteiger charge is -2.08. The molecule has 0 atom stereocenters. The number of aryl methyl sites for hydroxylation is 1. The largest absolute Gasteiger partial charge is 0.436 e. The van der Waals surface area contributed by atoms with Crippen LogP contribution in [0.25, 0.3) is 22.6 Å². The molecule has 1 N–H and O–H groups in total. The van der Waals surface area contributed by atoms with Gasteiger partial charge in [0.1, 0.15) is 5.52 Å². The van der Waals surface area contributed by atoms with Gasteiger partial charge in [-0.15, -0.1) is 0 Å². The van der Waals surface area contributed by atoms with E-state index in [1.165, 1.54) is 5.56 Å². The van der Waals surface area contributed by atoms with Crippen molar-refractivity contribution in [2.45, 2.75) is 40.0 Å². The number of nitrogens with one attached hydrogen (secondary N) is 1. The average molecular weight is 322 g/mol. The Morgan fingerprint density at radius 1 is 1.21 bits per heavy atom. The van der Waals surface area contributed by atoms with E-state index >= 15 is 0 Å². The van der Waals surface area contributed by atoms with Gasteiger partial charge in [-0.3, -0.25) is 4.79 Å². The summed E-state index contributed by atoms with van der Waals surface area (Å²) in [5, 5.41) is 2.92. The van der Waals surface area contributed by atoms with Crippen molar-refractivity contribution in [2.75, 3.05) is 5.32 Å². The van der Waals surface area contributed by atoms with Gasteiger partial charge in [-0.1, -0.05) is 32.9 Å². The second kappa shape index (κ2) is 6.48. The molecule has 1 amide bonds. The number of anilines is 1. The predicted molar refractivity (Wildman–Crippen MR) is 97.2 cm³/mol. The van der Waals surface area contributed by atoms with Crippen LogP contribution in [0.5, 0.6) is 0 Å². The standard InChI is InChI=1S/C20H22N2O2/c1-5-19(23)21-16-11-15(7-6-13(16)4)20-22-17-10-14(12(2)3)8-9-18(17)24-20/h6-12H,5H2,1-4H3,(H,21,23). The molecule has 3 rings (SSSR count). The fraction of sp³-hybridized carbons (Fsp3) is 0.300. The molecular formula is C20H22N2O2. The molecule has 4 nitrogen and oxygen atoms in total. The van der Waals surface area contributed by atoms with Crippen molar-refractivity contribution >= 4 is 22.7 Å². The number of carbonyl (C=O) groups excluding carboxylic acids is 1. The molecule has 1 aromatic heterocycles. The predicted octanol–water partition coefficient (Wildman–Crippen LogP) is 5.28. The molecule has 0 aliphatic heterocycles. The smallest absolute Gasteiger partial charge is 0.227 e. The van der Waals surface area contributed by atoms with Gasteiger partial charge in [0, 0.05) is 17.7 Å². The Hall–Kier alpha value is -2.62. The minimum atomic E-state index is -0.00519. The van der Waals surface area contributed by atoms with Crippen molar-refractivity contribution < 1.29 is 9.21 Å². The van der Waals surface area contributed by atoms with Crippen molar-refractivity contribution in [3.05, 3.63) is 47.5 Å². The third kappa shape index (κ3) is 3.18. The Balaban J connectivity index is 2.00. The number of aromatic nitrogens is 1. The van der Waals surface area contributed by atoms with Crippen molar-refractivity contribution in [3.8, 4) is 11.5 Å². The summed E-state index contributed by atoms with van der Waals surface area (Å²) in [6.45, 7) is 8.12. The van der Waals surface area contributed by atoms with Crippen LogP contribution < -0.4 is 5.32 Å². The molecule has 1 heterocycles. The van der Waals surface area contributed by atoms with Gasteiger partial charge in [0.2, 0.25) is 11.8 Å². The molecule has 3 aromatic rings. The monoisotopic (exact) mass is 322 g/mol. The van der Waals surface area contributed by atoms with E-state index in [2.05, 4.69) is 36.3 Å². The van der Waals surface area contributed by atoms with Gasteiger partial charge in [-0.05, 0) is 48.2 Å². The number of nitrogens with zero attached hydrogens (tertiary/aromatic N) is 1. The van der Waals surface area contributed by atoms with Gasteiger partial charge >= 0.3 is 0 Å². The maximum absolute atomic E-state index is 11.7. The summed E-state index contributed by atoms with van der Waals surface area (Å²) in [5.74, 6) is 1.01. The van der Waals surface area contributed by atoms with E-state index in [4.69, 9.17) is 4.42 Å². The Morgan fingerprint density at radius 3 is 2.71 bits per heavy atom. The van der Waals surface area contributed by atoms with Crippen LogP contribution in [0.15, 0.2) is 40.8 Å². The molecule has 4 heteroatoms. The second-order valence-electron chi connectivity index (χ2n) is 6.33. The SMILES string of the molecule is CCC(=O)Nc1cc(-c2nc3cc(C(C)C)ccc3o2)ccc1C. The summed E-state index contributed by atoms with van der Waals surface area (Å²) < 4.78 is 5.89. The fourth-order valence-corrected chi connectivity index (χ4v) is 2.56. The van der Waals surface area contributed by atoms with Crippen LogP contribution in [-0.4, -0.2) is 10.9 Å². The number of hydrogen-bond donors (Lipinski definition) is 1. The van der Waals surface area contributed by atoms with E-state index in [0.29, 0.717) is 18.2 Å². The molecule has 0 fully saturated rings. The third-order valence-electron chi connectivity index (χ3n) is 4.16. The highest BCUT2D eigenvalue weighted by Crippen LogP contribution is 2.29. The van der Waals surface area contributed by atoms with Gasteiger partial charge in [0.15, 0.2) is 5.58 Å². The van der Waals surface area contributed by atoms with Crippen LogP contribution in [-0.2, 0) is 4.79 Å². The fourth-order valence-electron chi connectivity index (χ4n) is 2.56. The molecular weight excluding hydrogens is 300 g/mol. The molecule has 24 heavy (non-hydrogen) atoms. The highest BCUT2D eigenvalue weighted by Gasteiger charge is 2.12. The summed E-state index contributed by atoms with van der Waals surface area (Å²) in [5.41, 5.74) is 5.53. The summed E-state index contributed by atoms with van der Waals surface area (Å²) in [4.78, 5) is 16.3. The molecule has 0 unspecified atom stereocenters. The topological polar surface area (TPSA) is 55.1 Å². The normalized spacial score (nSPS) is 11.2. The third-order valence-corrected chi connectivity index (χ3v) is 4.16. The maximum atomic E-state index is 11.7. The number of rotatable bonds is 4. The molecule has 0 aliphatic rings. The number of fused-ring (bicyclic) bond motifs is 1. The van der Waals surface area contributed by atoms with Crippen molar-refractivity contribution in [2.24, 2.45) is 0 Å². The van der Waals surface area contributed by atoms with Crippen LogP contribution >= 0.6 is 0 Å². The zero-order valence-corrected chi connectivity index (χ0v) is 14.5. The first-order chi connectivity index (χ1) is 11.5. The van der Waals surface area contributed by atoms with Crippen LogP contribution in [0.2, 0.25) is 0 Å². The van der Waals surface area contributed by atoms with Crippen LogP contribution in [0.3, 0.4) is 0 Å². The van der Waals surface area contributed by atoms with Gasteiger partial charge in [0.25, 0.3) is 0 Å². The molecule has 0 saturated carbocycles. The molecule has 124 valence electrons. The van der Waals surface area contributed by atoms with E-state index in [9.17, 15) is 4.79 Å². The Labute approximate surface area is 141 Å². The van der Waals surface area contributed by atoms with E-state index < -0.39 is 0 Å². The van der Waals surface area contributed by atoms with Gasteiger partial charge in [-0.2, -0.15) is 0 Å². The van der Waals surface area contributed by atoms with Gasteiger partial charge in [0.05, 0.1) is 0 Å². The lowest BCUT2D eigenvalue weighted by Crippen LogP contribution is -2.10. The molecule has 0 aliphatic carbocycles. The van der Waals surface area contributed by atoms with Gasteiger partial charge < -0.3 is 9.73 Å². The number of amides is 1. The maximum Gasteiger partial charge on any atom is 0.227 e. The molecule has 0 bridgehead atoms. The second-order valence-corrected chi connectivity index (χ2v) is 6.33. The molecule has 0 saturated heterocycles. The lowest BCUT2D eigenvalue weighted by atomic mass is 10.0. The first kappa shape index (κ1) is 16.2. The Kier molecular flexibility index (Phi) is 4.38. The summed E-state index contributed by atoms with van der Waals surface area (Å²) in [7, 11) is 0. The average Bonchev–Trinajstić information content (AvgIpc) is 2.99. The van der Waals surface area contributed by atoms with Crippen molar-refractivity contribution in [3.63, 3.8) is 0 Å². The zero-order chi connectivity index (χ0) is 17.3. The minimum Gasteiger partial charge on any atom is -0.436 e. The molecule has 0 spiro atoms. The van der Waals surface area contributed by atoms with Crippen LogP contribution in [0.4, 0.5) is 5.69 Å². The van der Waals surface area contributed by atoms with E-state index in [0.717, 1.165) is 27.9 Å². The molecule has 0 radical (unpaired) electrons. The number of oxazole rings is 1. The Bertz CT molecular complexity index is 894. The van der Waals surface area contributed by atoms with Crippen molar-refractivity contribution in [1.29, 1.82) is 0 Å². The number of benzene rings is 2. The minimum absolute atomic E-state index is 0.00519. The first-order valence-corrected chi connectivity index (χ1v) is 8.29. The lowest BCUT2D eigenvalue weighted by molar-refractivity contribution is -0.115. The highest BCUT2D eigenvalue weighted by atomic mass is 16.3. The number of carbonyl (C=O) groups is 1. The first-order valence-electron chi connectivity index (χ1n) is 8.29. The highest BCUT2D eigenvalue weighted by molar-refractivity contribution is 5.92. The van der Waals surface area contributed by atoms with Crippen LogP contribution in [0.1, 0.15) is 44.2 Å². The summed E-state index contributed by atoms with van der Waals surface area (Å²) >= 11 is 0. The van der Waals surface area contributed by atoms with E-state index in [1.807, 2.05) is 38.1 Å². The van der Waals surface area contributed by atoms with E-state index in [-0.39, 0.29) is 5.91 Å². The van der Waals surface area contributed by atoms with Gasteiger partial charge in [-0.25, -0.2) is 4.98 Å². The summed E-state index contributed by atoms with van der Waals surface area (Å²) in [6, 6.07) is 12.0. The van der Waals surface area contributed by atoms with Crippen LogP contribution in [0, 0.1) is 6.92 Å². The van der Waals surface area contributed by atoms with Crippen molar-refractivity contribution in [1.82, 2.24) is 4.98 Å². The Morgan fingerprint density at radius 2 is 2.00 bits per heavy atom. The van der Waals surface area contributed by atoms with E-state index in [1.54, 1.807) is 0 Å². The quantitative estimate of drug-likeness (QED) is 0.711. The summed E-state index contributed by atoms with van der Waals surface area (Å²) in [6.07, 6.45) is 0.449. The zero-order valence-electron chi connectivity index (χ0n) is 14.5. The number of hydrogen-bond acceptors (Lipinski definition) is 3.